The molecule has 1 aromatic carbocycles. The lowest BCUT2D eigenvalue weighted by molar-refractivity contribution is 0.0975. The van der Waals surface area contributed by atoms with Gasteiger partial charge in [-0.15, -0.1) is 0 Å². The lowest BCUT2D eigenvalue weighted by Gasteiger charge is -2.16. The summed E-state index contributed by atoms with van der Waals surface area (Å²) in [5, 5.41) is 11.7. The number of amides is 3. The molecule has 6 rings (SSSR count). The number of Topliss-reactive ketones (excluding diaryl/α,β-unsaturated/α-hetero) is 1. The first kappa shape index (κ1) is 42.9. The van der Waals surface area contributed by atoms with Gasteiger partial charge in [-0.3, -0.25) is 38.4 Å². The van der Waals surface area contributed by atoms with Crippen LogP contribution in [-0.4, -0.2) is 113 Å². The predicted octanol–water partition coefficient (Wildman–Crippen LogP) is 3.31. The van der Waals surface area contributed by atoms with Crippen LogP contribution >= 0.6 is 0 Å². The number of methoxy groups -OCH3 is 1. The van der Waals surface area contributed by atoms with Crippen LogP contribution in [0.3, 0.4) is 0 Å². The van der Waals surface area contributed by atoms with Crippen LogP contribution < -0.4 is 21.5 Å². The quantitative estimate of drug-likeness (QED) is 0.0539. The minimum atomic E-state index is -0.663. The van der Waals surface area contributed by atoms with Gasteiger partial charge >= 0.3 is 0 Å². The van der Waals surface area contributed by atoms with Gasteiger partial charge in [0.05, 0.1) is 42.1 Å². The van der Waals surface area contributed by atoms with E-state index >= 15 is 0 Å². The number of primary amides is 2. The topological polar surface area (TPSA) is 238 Å². The molecule has 5 N–H and O–H groups in total. The van der Waals surface area contributed by atoms with Crippen molar-refractivity contribution in [3.05, 3.63) is 88.4 Å². The standard InChI is InChI=1S/C41H51N13O6/c1-7-53-31(18-25(3)48-53)33(55)23-35-45-29-20-27(37(42)56)22-34(60-16-11-12-50(5)15-17-59-6)36(29)51(35)13-9-10-14-52-39-30(21-28(24-44-39)38(43)57)46-41(52)47-40(58)32-19-26(4)49-54(32)8-2/h9-10,18-22,24H,7-8,11-17,23H2,1-6H3,(H2,42,56)(H2,43,57)(H,46,47,58)/b10-9+. The Bertz CT molecular complexity index is 2580. The molecule has 0 aliphatic heterocycles. The van der Waals surface area contributed by atoms with Crippen LogP contribution in [0.1, 0.15) is 79.2 Å². The van der Waals surface area contributed by atoms with Gasteiger partial charge in [-0.1, -0.05) is 12.2 Å². The number of fused-ring (bicyclic) bond motifs is 2. The van der Waals surface area contributed by atoms with E-state index in [1.807, 2.05) is 44.5 Å². The first-order valence-corrected chi connectivity index (χ1v) is 19.7. The van der Waals surface area contributed by atoms with E-state index in [4.69, 9.17) is 25.9 Å². The first-order valence-electron chi connectivity index (χ1n) is 19.7. The minimum absolute atomic E-state index is 0.0639. The van der Waals surface area contributed by atoms with Crippen LogP contribution in [-0.2, 0) is 37.3 Å². The van der Waals surface area contributed by atoms with Crippen molar-refractivity contribution in [1.82, 2.24) is 48.5 Å². The van der Waals surface area contributed by atoms with Crippen molar-refractivity contribution in [3.63, 3.8) is 0 Å². The molecule has 0 atom stereocenters. The molecule has 0 fully saturated rings. The average Bonchev–Trinajstić information content (AvgIpc) is 3.98. The largest absolute Gasteiger partial charge is 0.491 e. The lowest BCUT2D eigenvalue weighted by Crippen LogP contribution is -2.25. The summed E-state index contributed by atoms with van der Waals surface area (Å²) in [4.78, 5) is 68.0. The molecule has 19 nitrogen and oxygen atoms in total. The number of allylic oxidation sites excluding steroid dienone is 2. The van der Waals surface area contributed by atoms with E-state index in [9.17, 15) is 19.2 Å². The summed E-state index contributed by atoms with van der Waals surface area (Å²) in [6.07, 6.45) is 5.74. The van der Waals surface area contributed by atoms with Gasteiger partial charge in [-0.25, -0.2) is 15.0 Å². The molecule has 0 saturated carbocycles. The molecular weight excluding hydrogens is 771 g/mol. The molecule has 0 radical (unpaired) electrons. The number of nitrogens with zero attached hydrogens (tertiary/aromatic N) is 10. The van der Waals surface area contributed by atoms with E-state index < -0.39 is 17.7 Å². The molecule has 0 bridgehead atoms. The highest BCUT2D eigenvalue weighted by Crippen LogP contribution is 2.30. The van der Waals surface area contributed by atoms with E-state index in [0.717, 1.165) is 18.8 Å². The Morgan fingerprint density at radius 3 is 2.13 bits per heavy atom. The maximum atomic E-state index is 13.9. The monoisotopic (exact) mass is 821 g/mol. The Kier molecular flexibility index (Phi) is 13.5. The number of aryl methyl sites for hydroxylation is 4. The number of aromatic nitrogens is 9. The number of rotatable bonds is 21. The van der Waals surface area contributed by atoms with Gasteiger partial charge in [0.25, 0.3) is 5.91 Å². The van der Waals surface area contributed by atoms with Gasteiger partial charge in [0, 0.05) is 58.1 Å². The number of likely N-dealkylation sites (N-methyl/N-ethyl adjacent to an activating group) is 1. The normalized spacial score (nSPS) is 11.7. The fraction of sp³-hybridized carbons (Fsp3) is 0.390. The summed E-state index contributed by atoms with van der Waals surface area (Å²) >= 11 is 0. The van der Waals surface area contributed by atoms with Crippen molar-refractivity contribution in [2.24, 2.45) is 11.5 Å². The second-order valence-electron chi connectivity index (χ2n) is 14.3. The van der Waals surface area contributed by atoms with Crippen molar-refractivity contribution >= 4 is 51.7 Å². The molecule has 0 aliphatic carbocycles. The first-order chi connectivity index (χ1) is 28.8. The Hall–Kier alpha value is -6.73. The predicted molar refractivity (Wildman–Crippen MR) is 224 cm³/mol. The van der Waals surface area contributed by atoms with Gasteiger partial charge < -0.3 is 30.4 Å². The third-order valence-corrected chi connectivity index (χ3v) is 9.87. The third-order valence-electron chi connectivity index (χ3n) is 9.87. The summed E-state index contributed by atoms with van der Waals surface area (Å²) in [5.41, 5.74) is 15.7. The Labute approximate surface area is 346 Å². The van der Waals surface area contributed by atoms with Crippen LogP contribution in [0.15, 0.2) is 48.7 Å². The van der Waals surface area contributed by atoms with Gasteiger partial charge in [-0.05, 0) is 71.5 Å². The van der Waals surface area contributed by atoms with Gasteiger partial charge in [0.15, 0.2) is 11.4 Å². The molecule has 3 amide bonds. The number of nitrogens with two attached hydrogens (primary N) is 2. The maximum Gasteiger partial charge on any atom is 0.276 e. The van der Waals surface area contributed by atoms with Gasteiger partial charge in [0.2, 0.25) is 17.8 Å². The zero-order chi connectivity index (χ0) is 43.1. The zero-order valence-electron chi connectivity index (χ0n) is 34.8. The molecular formula is C41H51N13O6. The van der Waals surface area contributed by atoms with Gasteiger partial charge in [0.1, 0.15) is 34.0 Å². The average molecular weight is 822 g/mol. The summed E-state index contributed by atoms with van der Waals surface area (Å²) in [6, 6.07) is 8.17. The van der Waals surface area contributed by atoms with Crippen LogP contribution in [0, 0.1) is 13.8 Å². The number of hydrogen-bond donors (Lipinski definition) is 3. The van der Waals surface area contributed by atoms with E-state index in [1.54, 1.807) is 52.2 Å². The fourth-order valence-electron chi connectivity index (χ4n) is 6.89. The number of benzene rings is 1. The van der Waals surface area contributed by atoms with Crippen molar-refractivity contribution in [1.29, 1.82) is 0 Å². The second kappa shape index (κ2) is 18.9. The smallest absolute Gasteiger partial charge is 0.276 e. The highest BCUT2D eigenvalue weighted by molar-refractivity contribution is 6.03. The molecule has 0 saturated heterocycles. The number of imidazole rings is 2. The van der Waals surface area contributed by atoms with Crippen molar-refractivity contribution < 1.29 is 28.7 Å². The molecule has 60 heavy (non-hydrogen) atoms. The van der Waals surface area contributed by atoms with E-state index in [1.165, 1.54) is 12.3 Å². The Balaban J connectivity index is 1.35. The molecule has 5 aromatic heterocycles. The SMILES string of the molecule is CCn1nc(C)cc1C(=O)Cc1nc2cc(C(N)=O)cc(OCCCN(C)CCOC)c2n1C/C=C/Cn1c(NC(=O)c2cc(C)nn2CC)nc2cc(C(N)=O)cnc21. The van der Waals surface area contributed by atoms with Crippen LogP contribution in [0.5, 0.6) is 5.75 Å². The summed E-state index contributed by atoms with van der Waals surface area (Å²) in [5.74, 6) is -0.870. The van der Waals surface area contributed by atoms with E-state index in [2.05, 4.69) is 30.4 Å². The Morgan fingerprint density at radius 2 is 1.47 bits per heavy atom. The van der Waals surface area contributed by atoms with Crippen molar-refractivity contribution in [3.8, 4) is 5.75 Å². The Morgan fingerprint density at radius 1 is 0.817 bits per heavy atom. The summed E-state index contributed by atoms with van der Waals surface area (Å²) < 4.78 is 18.4. The van der Waals surface area contributed by atoms with Crippen molar-refractivity contribution in [2.45, 2.75) is 66.7 Å². The number of ketones is 1. The number of carbonyl (C=O) groups excluding carboxylic acids is 4. The van der Waals surface area contributed by atoms with Crippen LogP contribution in [0.4, 0.5) is 5.95 Å². The van der Waals surface area contributed by atoms with Gasteiger partial charge in [-0.2, -0.15) is 10.2 Å². The van der Waals surface area contributed by atoms with Crippen LogP contribution in [0.25, 0.3) is 22.2 Å². The van der Waals surface area contributed by atoms with E-state index in [-0.39, 0.29) is 42.4 Å². The molecule has 19 heteroatoms. The number of hydrogen-bond acceptors (Lipinski definition) is 12. The highest BCUT2D eigenvalue weighted by atomic mass is 16.5. The molecule has 0 spiro atoms. The number of pyridine rings is 1. The molecule has 316 valence electrons. The molecule has 0 unspecified atom stereocenters. The molecule has 5 heterocycles. The third kappa shape index (κ3) is 9.58. The highest BCUT2D eigenvalue weighted by Gasteiger charge is 2.23. The zero-order valence-corrected chi connectivity index (χ0v) is 34.8. The fourth-order valence-corrected chi connectivity index (χ4v) is 6.89. The number of carbonyl (C=O) groups is 4. The summed E-state index contributed by atoms with van der Waals surface area (Å²) in [6.45, 7) is 11.3. The van der Waals surface area contributed by atoms with Crippen LogP contribution in [0.2, 0.25) is 0 Å². The number of anilines is 1. The van der Waals surface area contributed by atoms with Crippen molar-refractivity contribution in [2.75, 3.05) is 45.8 Å². The number of ether oxygens (including phenoxy) is 2. The second-order valence-corrected chi connectivity index (χ2v) is 14.3. The van der Waals surface area contributed by atoms with E-state index in [0.29, 0.717) is 83.6 Å². The lowest BCUT2D eigenvalue weighted by atomic mass is 10.1. The number of nitrogens with one attached hydrogen (secondary N) is 1. The molecule has 6 aromatic rings. The minimum Gasteiger partial charge on any atom is -0.491 e. The summed E-state index contributed by atoms with van der Waals surface area (Å²) in [7, 11) is 3.66. The molecule has 0 aliphatic rings. The maximum absolute atomic E-state index is 13.9.